The van der Waals surface area contributed by atoms with Gasteiger partial charge in [-0.1, -0.05) is 26.7 Å². The Hall–Kier alpha value is 0.400. The number of rotatable bonds is 4. The van der Waals surface area contributed by atoms with E-state index in [-0.39, 0.29) is 5.92 Å². The monoisotopic (exact) mass is 240 g/mol. The van der Waals surface area contributed by atoms with Crippen LogP contribution >= 0.6 is 22.6 Å². The summed E-state index contributed by atoms with van der Waals surface area (Å²) in [6.45, 7) is 4.13. The zero-order valence-electron chi connectivity index (χ0n) is 5.98. The number of carbonyl (C=O) groups excluding carboxylic acids is 1. The Kier molecular flexibility index (Phi) is 5.44. The predicted molar refractivity (Wildman–Crippen MR) is 47.7 cm³/mol. The van der Waals surface area contributed by atoms with Crippen LogP contribution in [0.5, 0.6) is 0 Å². The van der Waals surface area contributed by atoms with Crippen LogP contribution in [0.25, 0.3) is 0 Å². The Morgan fingerprint density at radius 2 is 2.22 bits per heavy atom. The van der Waals surface area contributed by atoms with E-state index in [1.54, 1.807) is 0 Å². The second-order valence-corrected chi connectivity index (χ2v) is 3.41. The van der Waals surface area contributed by atoms with Gasteiger partial charge in [0.25, 0.3) is 0 Å². The molecular weight excluding hydrogens is 227 g/mol. The van der Waals surface area contributed by atoms with E-state index in [2.05, 4.69) is 6.92 Å². The molecule has 0 radical (unpaired) electrons. The molecule has 0 unspecified atom stereocenters. The van der Waals surface area contributed by atoms with E-state index in [4.69, 9.17) is 0 Å². The van der Waals surface area contributed by atoms with Gasteiger partial charge in [0.1, 0.15) is 0 Å². The summed E-state index contributed by atoms with van der Waals surface area (Å²) in [4.78, 5) is 10.6. The highest BCUT2D eigenvalue weighted by Gasteiger charge is 2.06. The van der Waals surface area contributed by atoms with E-state index in [0.29, 0.717) is 3.79 Å². The van der Waals surface area contributed by atoms with Gasteiger partial charge in [-0.2, -0.15) is 0 Å². The second-order valence-electron chi connectivity index (χ2n) is 2.35. The highest BCUT2D eigenvalue weighted by Crippen LogP contribution is 2.11. The fourth-order valence-electron chi connectivity index (χ4n) is 0.624. The van der Waals surface area contributed by atoms with Crippen LogP contribution in [0, 0.1) is 5.92 Å². The Bertz CT molecular complexity index is 90.9. The molecular formula is C7H13IO. The summed E-state index contributed by atoms with van der Waals surface area (Å²) in [5.41, 5.74) is 0. The van der Waals surface area contributed by atoms with Gasteiger partial charge in [0.05, 0.1) is 0 Å². The van der Waals surface area contributed by atoms with Crippen LogP contribution in [0.4, 0.5) is 0 Å². The van der Waals surface area contributed by atoms with E-state index in [1.807, 2.05) is 29.5 Å². The maximum Gasteiger partial charge on any atom is 0.195 e. The van der Waals surface area contributed by atoms with Gasteiger partial charge in [-0.05, 0) is 29.0 Å². The molecule has 0 bridgehead atoms. The van der Waals surface area contributed by atoms with Crippen molar-refractivity contribution in [1.82, 2.24) is 0 Å². The fourth-order valence-corrected chi connectivity index (χ4v) is 0.935. The summed E-state index contributed by atoms with van der Waals surface area (Å²) in [5.74, 6) is 0.269. The van der Waals surface area contributed by atoms with E-state index in [1.165, 1.54) is 12.8 Å². The molecule has 0 spiro atoms. The van der Waals surface area contributed by atoms with Crippen molar-refractivity contribution in [2.45, 2.75) is 33.1 Å². The Balaban J connectivity index is 3.27. The van der Waals surface area contributed by atoms with Crippen LogP contribution < -0.4 is 0 Å². The molecule has 0 aliphatic heterocycles. The second kappa shape index (κ2) is 5.21. The molecule has 54 valence electrons. The highest BCUT2D eigenvalue weighted by molar-refractivity contribution is 14.1. The van der Waals surface area contributed by atoms with Gasteiger partial charge < -0.3 is 0 Å². The third kappa shape index (κ3) is 4.88. The molecule has 1 nitrogen and oxygen atoms in total. The van der Waals surface area contributed by atoms with Gasteiger partial charge in [-0.25, -0.2) is 0 Å². The van der Waals surface area contributed by atoms with Crippen molar-refractivity contribution in [3.63, 3.8) is 0 Å². The number of hydrogen-bond acceptors (Lipinski definition) is 1. The normalized spacial score (nSPS) is 13.2. The third-order valence-corrected chi connectivity index (χ3v) is 2.44. The van der Waals surface area contributed by atoms with Crippen LogP contribution in [0.15, 0.2) is 0 Å². The highest BCUT2D eigenvalue weighted by atomic mass is 127. The molecule has 0 aliphatic rings. The summed E-state index contributed by atoms with van der Waals surface area (Å²) in [6, 6.07) is 0. The van der Waals surface area contributed by atoms with Crippen LogP contribution in [0.1, 0.15) is 33.1 Å². The van der Waals surface area contributed by atoms with Crippen LogP contribution in [-0.4, -0.2) is 3.79 Å². The molecule has 9 heavy (non-hydrogen) atoms. The van der Waals surface area contributed by atoms with E-state index < -0.39 is 0 Å². The minimum atomic E-state index is 0.269. The van der Waals surface area contributed by atoms with Crippen LogP contribution in [-0.2, 0) is 4.79 Å². The van der Waals surface area contributed by atoms with Gasteiger partial charge in [0.2, 0.25) is 0 Å². The van der Waals surface area contributed by atoms with Gasteiger partial charge in [0.15, 0.2) is 3.79 Å². The van der Waals surface area contributed by atoms with E-state index in [9.17, 15) is 4.79 Å². The molecule has 1 atom stereocenters. The minimum Gasteiger partial charge on any atom is -0.288 e. The topological polar surface area (TPSA) is 17.1 Å². The first-order chi connectivity index (χ1) is 4.18. The Morgan fingerprint density at radius 1 is 1.67 bits per heavy atom. The lowest BCUT2D eigenvalue weighted by molar-refractivity contribution is -0.112. The molecule has 0 rings (SSSR count). The number of halogens is 1. The number of carbonyl (C=O) groups is 1. The zero-order valence-corrected chi connectivity index (χ0v) is 8.14. The summed E-state index contributed by atoms with van der Waals surface area (Å²) in [5, 5.41) is 0. The molecule has 2 heteroatoms. The summed E-state index contributed by atoms with van der Waals surface area (Å²) >= 11 is 1.87. The molecule has 0 N–H and O–H groups in total. The quantitative estimate of drug-likeness (QED) is 0.545. The first-order valence-electron chi connectivity index (χ1n) is 3.37. The van der Waals surface area contributed by atoms with Crippen LogP contribution in [0.3, 0.4) is 0 Å². The first-order valence-corrected chi connectivity index (χ1v) is 4.45. The van der Waals surface area contributed by atoms with Crippen molar-refractivity contribution >= 4 is 26.4 Å². The van der Waals surface area contributed by atoms with Crippen molar-refractivity contribution in [3.05, 3.63) is 0 Å². The average Bonchev–Trinajstić information content (AvgIpc) is 1.82. The van der Waals surface area contributed by atoms with Crippen molar-refractivity contribution in [2.24, 2.45) is 5.92 Å². The lowest BCUT2D eigenvalue weighted by atomic mass is 10.1. The fraction of sp³-hybridized carbons (Fsp3) is 0.857. The molecule has 0 aromatic rings. The summed E-state index contributed by atoms with van der Waals surface area (Å²) in [6.07, 6.45) is 3.42. The van der Waals surface area contributed by atoms with Crippen molar-refractivity contribution in [3.8, 4) is 0 Å². The molecule has 0 saturated carbocycles. The Morgan fingerprint density at radius 3 is 2.56 bits per heavy atom. The molecule has 0 aliphatic carbocycles. The van der Waals surface area contributed by atoms with Crippen molar-refractivity contribution < 1.29 is 4.79 Å². The molecule has 0 fully saturated rings. The van der Waals surface area contributed by atoms with Crippen molar-refractivity contribution in [1.29, 1.82) is 0 Å². The maximum absolute atomic E-state index is 10.6. The molecule has 0 aromatic heterocycles. The zero-order chi connectivity index (χ0) is 7.28. The van der Waals surface area contributed by atoms with Crippen molar-refractivity contribution in [2.75, 3.05) is 0 Å². The third-order valence-electron chi connectivity index (χ3n) is 1.38. The molecule has 0 saturated heterocycles. The minimum absolute atomic E-state index is 0.269. The number of unbranched alkanes of at least 4 members (excludes halogenated alkanes) is 1. The van der Waals surface area contributed by atoms with E-state index >= 15 is 0 Å². The molecule has 0 heterocycles. The average molecular weight is 240 g/mol. The molecule has 0 amide bonds. The number of hydrogen-bond donors (Lipinski definition) is 0. The SMILES string of the molecule is CCCC[C@@H](C)C(=O)I. The smallest absolute Gasteiger partial charge is 0.195 e. The van der Waals surface area contributed by atoms with Gasteiger partial charge >= 0.3 is 0 Å². The molecule has 0 aromatic carbocycles. The van der Waals surface area contributed by atoms with Gasteiger partial charge in [-0.15, -0.1) is 0 Å². The lowest BCUT2D eigenvalue weighted by Gasteiger charge is -2.02. The van der Waals surface area contributed by atoms with Crippen LogP contribution in [0.2, 0.25) is 0 Å². The predicted octanol–water partition coefficient (Wildman–Crippen LogP) is 2.77. The summed E-state index contributed by atoms with van der Waals surface area (Å²) < 4.78 is 0.293. The standard InChI is InChI=1S/C7H13IO/c1-3-4-5-6(2)7(8)9/h6H,3-5H2,1-2H3/t6-/m1/s1. The van der Waals surface area contributed by atoms with Gasteiger partial charge in [0, 0.05) is 5.92 Å². The maximum atomic E-state index is 10.6. The summed E-state index contributed by atoms with van der Waals surface area (Å²) in [7, 11) is 0. The van der Waals surface area contributed by atoms with Gasteiger partial charge in [-0.3, -0.25) is 4.79 Å². The van der Waals surface area contributed by atoms with E-state index in [0.717, 1.165) is 6.42 Å². The largest absolute Gasteiger partial charge is 0.288 e. The first kappa shape index (κ1) is 9.40. The Labute approximate surface area is 70.4 Å². The lowest BCUT2D eigenvalue weighted by Crippen LogP contribution is -2.01.